The lowest BCUT2D eigenvalue weighted by molar-refractivity contribution is 0.0943. The van der Waals surface area contributed by atoms with Crippen LogP contribution in [-0.4, -0.2) is 21.9 Å². The fraction of sp³-hybridized carbons (Fsp3) is 0.267. The lowest BCUT2D eigenvalue weighted by Gasteiger charge is -2.09. The largest absolute Gasteiger partial charge is 0.379 e. The van der Waals surface area contributed by atoms with Crippen molar-refractivity contribution in [1.29, 1.82) is 0 Å². The van der Waals surface area contributed by atoms with Gasteiger partial charge in [-0.1, -0.05) is 0 Å². The van der Waals surface area contributed by atoms with E-state index in [1.54, 1.807) is 18.3 Å². The molecule has 0 saturated heterocycles. The van der Waals surface area contributed by atoms with Gasteiger partial charge in [0.15, 0.2) is 0 Å². The average Bonchev–Trinajstić information content (AvgIpc) is 2.46. The molecule has 0 aliphatic rings. The van der Waals surface area contributed by atoms with Crippen molar-refractivity contribution in [2.75, 3.05) is 5.32 Å². The molecule has 2 N–H and O–H groups in total. The minimum absolute atomic E-state index is 0.0534. The van der Waals surface area contributed by atoms with Gasteiger partial charge in [0.2, 0.25) is 0 Å². The molecule has 1 aromatic heterocycles. The van der Waals surface area contributed by atoms with Crippen molar-refractivity contribution in [1.82, 2.24) is 15.3 Å². The first-order valence-corrected chi connectivity index (χ1v) is 6.55. The van der Waals surface area contributed by atoms with E-state index in [0.29, 0.717) is 12.1 Å². The van der Waals surface area contributed by atoms with E-state index in [-0.39, 0.29) is 11.9 Å². The summed E-state index contributed by atoms with van der Waals surface area (Å²) in [4.78, 5) is 19.8. The van der Waals surface area contributed by atoms with Crippen LogP contribution in [0.5, 0.6) is 0 Å². The van der Waals surface area contributed by atoms with Crippen LogP contribution in [0.2, 0.25) is 0 Å². The maximum Gasteiger partial charge on any atom is 0.251 e. The number of nitrogens with one attached hydrogen (secondary N) is 2. The van der Waals surface area contributed by atoms with Gasteiger partial charge in [0.1, 0.15) is 6.33 Å². The van der Waals surface area contributed by atoms with Crippen LogP contribution >= 0.6 is 0 Å². The fourth-order valence-electron chi connectivity index (χ4n) is 1.70. The number of rotatable bonds is 5. The van der Waals surface area contributed by atoms with Gasteiger partial charge < -0.3 is 10.6 Å². The van der Waals surface area contributed by atoms with Crippen LogP contribution in [0.4, 0.5) is 5.69 Å². The molecular weight excluding hydrogens is 252 g/mol. The average molecular weight is 270 g/mol. The SMILES string of the molecule is CC(C)NC(=O)c1ccc(NCc2ccncn2)cc1. The molecule has 0 unspecified atom stereocenters. The normalized spacial score (nSPS) is 10.3. The number of aromatic nitrogens is 2. The summed E-state index contributed by atoms with van der Waals surface area (Å²) in [5.41, 5.74) is 2.53. The monoisotopic (exact) mass is 270 g/mol. The van der Waals surface area contributed by atoms with Crippen molar-refractivity contribution in [2.24, 2.45) is 0 Å². The fourth-order valence-corrected chi connectivity index (χ4v) is 1.70. The van der Waals surface area contributed by atoms with E-state index in [2.05, 4.69) is 20.6 Å². The van der Waals surface area contributed by atoms with Gasteiger partial charge >= 0.3 is 0 Å². The molecule has 1 aromatic carbocycles. The summed E-state index contributed by atoms with van der Waals surface area (Å²) < 4.78 is 0. The second-order valence-electron chi connectivity index (χ2n) is 4.76. The summed E-state index contributed by atoms with van der Waals surface area (Å²) in [7, 11) is 0. The van der Waals surface area contributed by atoms with Crippen LogP contribution in [0.3, 0.4) is 0 Å². The molecular formula is C15H18N4O. The van der Waals surface area contributed by atoms with Crippen molar-refractivity contribution in [3.05, 3.63) is 54.1 Å². The van der Waals surface area contributed by atoms with E-state index >= 15 is 0 Å². The maximum absolute atomic E-state index is 11.8. The van der Waals surface area contributed by atoms with Gasteiger partial charge in [-0.3, -0.25) is 4.79 Å². The minimum atomic E-state index is -0.0534. The zero-order chi connectivity index (χ0) is 14.4. The van der Waals surface area contributed by atoms with E-state index in [0.717, 1.165) is 11.4 Å². The van der Waals surface area contributed by atoms with E-state index in [4.69, 9.17) is 0 Å². The van der Waals surface area contributed by atoms with E-state index in [1.807, 2.05) is 32.0 Å². The summed E-state index contributed by atoms with van der Waals surface area (Å²) >= 11 is 0. The number of hydrogen-bond acceptors (Lipinski definition) is 4. The van der Waals surface area contributed by atoms with Crippen molar-refractivity contribution in [3.8, 4) is 0 Å². The summed E-state index contributed by atoms with van der Waals surface area (Å²) in [6, 6.07) is 9.38. The molecule has 2 aromatic rings. The minimum Gasteiger partial charge on any atom is -0.379 e. The molecule has 1 heterocycles. The highest BCUT2D eigenvalue weighted by Gasteiger charge is 2.06. The molecule has 20 heavy (non-hydrogen) atoms. The van der Waals surface area contributed by atoms with Gasteiger partial charge in [0, 0.05) is 23.5 Å². The van der Waals surface area contributed by atoms with E-state index in [1.165, 1.54) is 6.33 Å². The first kappa shape index (κ1) is 14.0. The Bertz CT molecular complexity index is 552. The van der Waals surface area contributed by atoms with Crippen LogP contribution in [-0.2, 0) is 6.54 Å². The molecule has 1 amide bonds. The second kappa shape index (κ2) is 6.65. The molecule has 0 fully saturated rings. The van der Waals surface area contributed by atoms with Crippen LogP contribution in [0.1, 0.15) is 29.9 Å². The van der Waals surface area contributed by atoms with Crippen LogP contribution in [0.25, 0.3) is 0 Å². The van der Waals surface area contributed by atoms with Crippen molar-refractivity contribution >= 4 is 11.6 Å². The molecule has 0 aliphatic heterocycles. The molecule has 0 spiro atoms. The zero-order valence-corrected chi connectivity index (χ0v) is 11.6. The van der Waals surface area contributed by atoms with Crippen molar-refractivity contribution in [2.45, 2.75) is 26.4 Å². The number of anilines is 1. The Balaban J connectivity index is 1.93. The van der Waals surface area contributed by atoms with Crippen molar-refractivity contribution in [3.63, 3.8) is 0 Å². The summed E-state index contributed by atoms with van der Waals surface area (Å²) in [5.74, 6) is -0.0534. The highest BCUT2D eigenvalue weighted by molar-refractivity contribution is 5.94. The molecule has 0 saturated carbocycles. The first-order valence-electron chi connectivity index (χ1n) is 6.55. The Labute approximate surface area is 118 Å². The third kappa shape index (κ3) is 4.05. The number of amides is 1. The number of hydrogen-bond donors (Lipinski definition) is 2. The Hall–Kier alpha value is -2.43. The summed E-state index contributed by atoms with van der Waals surface area (Å²) in [6.07, 6.45) is 3.24. The third-order valence-electron chi connectivity index (χ3n) is 2.68. The lowest BCUT2D eigenvalue weighted by Crippen LogP contribution is -2.29. The first-order chi connectivity index (χ1) is 9.65. The molecule has 0 radical (unpaired) electrons. The standard InChI is InChI=1S/C15H18N4O/c1-11(2)19-15(20)12-3-5-13(6-4-12)17-9-14-7-8-16-10-18-14/h3-8,10-11,17H,9H2,1-2H3,(H,19,20). The van der Waals surface area contributed by atoms with E-state index < -0.39 is 0 Å². The van der Waals surface area contributed by atoms with E-state index in [9.17, 15) is 4.79 Å². The van der Waals surface area contributed by atoms with Crippen LogP contribution in [0, 0.1) is 0 Å². The lowest BCUT2D eigenvalue weighted by atomic mass is 10.2. The van der Waals surface area contributed by atoms with Gasteiger partial charge in [-0.2, -0.15) is 0 Å². The molecule has 104 valence electrons. The van der Waals surface area contributed by atoms with Crippen molar-refractivity contribution < 1.29 is 4.79 Å². The van der Waals surface area contributed by atoms with Crippen LogP contribution in [0.15, 0.2) is 42.9 Å². The summed E-state index contributed by atoms with van der Waals surface area (Å²) in [5, 5.41) is 6.11. The maximum atomic E-state index is 11.8. The van der Waals surface area contributed by atoms with Gasteiger partial charge in [0.05, 0.1) is 12.2 Å². The highest BCUT2D eigenvalue weighted by Crippen LogP contribution is 2.10. The van der Waals surface area contributed by atoms with Gasteiger partial charge in [-0.15, -0.1) is 0 Å². The molecule has 5 nitrogen and oxygen atoms in total. The third-order valence-corrected chi connectivity index (χ3v) is 2.68. The smallest absolute Gasteiger partial charge is 0.251 e. The quantitative estimate of drug-likeness (QED) is 0.874. The number of nitrogens with zero attached hydrogens (tertiary/aromatic N) is 2. The Morgan fingerprint density at radius 3 is 2.55 bits per heavy atom. The number of carbonyl (C=O) groups excluding carboxylic acids is 1. The van der Waals surface area contributed by atoms with Gasteiger partial charge in [-0.25, -0.2) is 9.97 Å². The second-order valence-corrected chi connectivity index (χ2v) is 4.76. The molecule has 0 aliphatic carbocycles. The Morgan fingerprint density at radius 2 is 1.95 bits per heavy atom. The molecule has 0 atom stereocenters. The molecule has 5 heteroatoms. The van der Waals surface area contributed by atoms with Gasteiger partial charge in [-0.05, 0) is 44.2 Å². The number of benzene rings is 1. The van der Waals surface area contributed by atoms with Gasteiger partial charge in [0.25, 0.3) is 5.91 Å². The topological polar surface area (TPSA) is 66.9 Å². The molecule has 0 bridgehead atoms. The van der Waals surface area contributed by atoms with Crippen LogP contribution < -0.4 is 10.6 Å². The Morgan fingerprint density at radius 1 is 1.20 bits per heavy atom. The zero-order valence-electron chi connectivity index (χ0n) is 11.6. The predicted octanol–water partition coefficient (Wildman–Crippen LogP) is 2.23. The Kier molecular flexibility index (Phi) is 4.65. The summed E-state index contributed by atoms with van der Waals surface area (Å²) in [6.45, 7) is 4.51. The highest BCUT2D eigenvalue weighted by atomic mass is 16.1. The predicted molar refractivity (Wildman–Crippen MR) is 78.4 cm³/mol. The number of carbonyl (C=O) groups is 1. The molecule has 2 rings (SSSR count).